The van der Waals surface area contributed by atoms with Crippen LogP contribution >= 0.6 is 72.4 Å². The minimum atomic E-state index is -0.872. The van der Waals surface area contributed by atoms with Crippen molar-refractivity contribution in [2.24, 2.45) is 4.99 Å². The van der Waals surface area contributed by atoms with Crippen molar-refractivity contribution in [2.75, 3.05) is 6.61 Å². The molecule has 0 N–H and O–H groups in total. The van der Waals surface area contributed by atoms with Crippen molar-refractivity contribution in [3.63, 3.8) is 0 Å². The van der Waals surface area contributed by atoms with Crippen LogP contribution in [0, 0.1) is 13.0 Å². The van der Waals surface area contributed by atoms with Crippen LogP contribution in [-0.4, -0.2) is 17.1 Å². The van der Waals surface area contributed by atoms with Crippen LogP contribution in [-0.2, 0) is 16.1 Å². The summed E-state index contributed by atoms with van der Waals surface area (Å²) in [7, 11) is 0. The highest BCUT2D eigenvalue weighted by Gasteiger charge is 2.35. The monoisotopic (exact) mass is 920 g/mol. The van der Waals surface area contributed by atoms with Crippen LogP contribution in [0.1, 0.15) is 35.2 Å². The molecule has 0 radical (unpaired) electrons. The minimum Gasteiger partial charge on any atom is -0.487 e. The van der Waals surface area contributed by atoms with Crippen LogP contribution in [0.3, 0.4) is 0 Å². The van der Waals surface area contributed by atoms with Crippen molar-refractivity contribution < 1.29 is 18.7 Å². The number of carbonyl (C=O) groups is 1. The quantitative estimate of drug-likeness (QED) is 0.119. The molecule has 232 valence electrons. The van der Waals surface area contributed by atoms with E-state index in [1.807, 2.05) is 72.8 Å². The number of carbonyl (C=O) groups excluding carboxylic acids is 1. The predicted molar refractivity (Wildman–Crippen MR) is 198 cm³/mol. The molecule has 46 heavy (non-hydrogen) atoms. The Morgan fingerprint density at radius 2 is 1.70 bits per heavy atom. The number of ether oxygens (including phenoxy) is 2. The smallest absolute Gasteiger partial charge is 0.338 e. The third-order valence-electron chi connectivity index (χ3n) is 7.17. The zero-order valence-electron chi connectivity index (χ0n) is 24.2. The predicted octanol–water partition coefficient (Wildman–Crippen LogP) is 7.63. The number of nitrogens with zero attached hydrogens (tertiary/aromatic N) is 2. The molecule has 0 aliphatic carbocycles. The number of halogens is 4. The summed E-state index contributed by atoms with van der Waals surface area (Å²) in [4.78, 5) is 33.0. The number of benzene rings is 4. The van der Waals surface area contributed by atoms with E-state index >= 15 is 0 Å². The average Bonchev–Trinajstić information content (AvgIpc) is 3.35. The summed E-state index contributed by atoms with van der Waals surface area (Å²) in [6.45, 7) is 2.29. The summed E-state index contributed by atoms with van der Waals surface area (Å²) in [6.07, 6.45) is 1.82. The molecule has 0 unspecified atom stereocenters. The molecule has 0 saturated heterocycles. The van der Waals surface area contributed by atoms with E-state index in [0.717, 1.165) is 28.5 Å². The first-order chi connectivity index (χ1) is 22.2. The number of rotatable bonds is 8. The van der Waals surface area contributed by atoms with Crippen molar-refractivity contribution in [3.8, 4) is 5.75 Å². The van der Waals surface area contributed by atoms with E-state index in [0.29, 0.717) is 32.8 Å². The van der Waals surface area contributed by atoms with Crippen LogP contribution in [0.2, 0.25) is 0 Å². The summed E-state index contributed by atoms with van der Waals surface area (Å²) in [5, 5.41) is 0. The first-order valence-corrected chi connectivity index (χ1v) is 17.9. The lowest BCUT2D eigenvalue weighted by molar-refractivity contribution is -0.138. The van der Waals surface area contributed by atoms with E-state index in [9.17, 15) is 14.0 Å². The Bertz CT molecular complexity index is 2130. The first-order valence-electron chi connectivity index (χ1n) is 14.1. The number of aromatic nitrogens is 1. The van der Waals surface area contributed by atoms with E-state index in [1.165, 1.54) is 28.0 Å². The number of thiazole rings is 1. The van der Waals surface area contributed by atoms with Gasteiger partial charge in [0.25, 0.3) is 5.56 Å². The van der Waals surface area contributed by atoms with Crippen molar-refractivity contribution in [1.82, 2.24) is 4.57 Å². The Kier molecular flexibility index (Phi) is 10.2. The Hall–Kier alpha value is -3.14. The molecular formula is C35H24BrFI2N2O4S. The molecule has 5 aromatic rings. The van der Waals surface area contributed by atoms with E-state index in [2.05, 4.69) is 61.1 Å². The minimum absolute atomic E-state index is 0.144. The van der Waals surface area contributed by atoms with Gasteiger partial charge in [-0.3, -0.25) is 9.36 Å². The van der Waals surface area contributed by atoms with Crippen LogP contribution in [0.5, 0.6) is 5.75 Å². The highest BCUT2D eigenvalue weighted by Crippen LogP contribution is 2.35. The zero-order valence-corrected chi connectivity index (χ0v) is 30.9. The lowest BCUT2D eigenvalue weighted by Gasteiger charge is -2.25. The highest BCUT2D eigenvalue weighted by atomic mass is 127. The molecule has 1 aliphatic heterocycles. The fraction of sp³-hybridized carbons (Fsp3) is 0.114. The van der Waals surface area contributed by atoms with Gasteiger partial charge >= 0.3 is 5.97 Å². The Labute approximate surface area is 303 Å². The number of esters is 1. The molecule has 0 amide bonds. The van der Waals surface area contributed by atoms with E-state index in [1.54, 1.807) is 19.1 Å². The maximum Gasteiger partial charge on any atom is 0.338 e. The molecule has 0 spiro atoms. The van der Waals surface area contributed by atoms with E-state index in [-0.39, 0.29) is 17.7 Å². The second kappa shape index (κ2) is 14.3. The van der Waals surface area contributed by atoms with Gasteiger partial charge in [0.05, 0.1) is 35.6 Å². The lowest BCUT2D eigenvalue weighted by Crippen LogP contribution is -2.40. The zero-order chi connectivity index (χ0) is 32.4. The van der Waals surface area contributed by atoms with Gasteiger partial charge in [0.2, 0.25) is 0 Å². The summed E-state index contributed by atoms with van der Waals surface area (Å²) < 4.78 is 30.5. The van der Waals surface area contributed by atoms with E-state index < -0.39 is 17.8 Å². The van der Waals surface area contributed by atoms with Crippen molar-refractivity contribution in [1.29, 1.82) is 0 Å². The third-order valence-corrected chi connectivity index (χ3v) is 10.3. The topological polar surface area (TPSA) is 69.9 Å². The fourth-order valence-electron chi connectivity index (χ4n) is 5.09. The maximum atomic E-state index is 14.2. The largest absolute Gasteiger partial charge is 0.487 e. The molecule has 2 heterocycles. The molecule has 1 atom stereocenters. The van der Waals surface area contributed by atoms with Gasteiger partial charge in [-0.25, -0.2) is 14.2 Å². The van der Waals surface area contributed by atoms with E-state index in [4.69, 9.17) is 14.5 Å². The SMILES string of the molecule is CCOC(=O)C1=C(c2ccccc2)N=c2s/c(=C\c3cc(I)c(OCc4ccc(Br)cc4)c(I)c3)c(=O)n2[C@H]1c1ccc(F)cc1. The molecule has 6 rings (SSSR count). The van der Waals surface area contributed by atoms with Crippen molar-refractivity contribution in [2.45, 2.75) is 19.6 Å². The Morgan fingerprint density at radius 1 is 1.02 bits per heavy atom. The molecular weight excluding hydrogens is 897 g/mol. The molecule has 6 nitrogen and oxygen atoms in total. The normalized spacial score (nSPS) is 14.5. The van der Waals surface area contributed by atoms with Crippen molar-refractivity contribution in [3.05, 3.63) is 156 Å². The van der Waals surface area contributed by atoms with Gasteiger partial charge in [-0.05, 0) is 111 Å². The Balaban J connectivity index is 1.47. The number of hydrogen-bond donors (Lipinski definition) is 0. The van der Waals surface area contributed by atoms with Crippen molar-refractivity contribution >= 4 is 90.2 Å². The third kappa shape index (κ3) is 6.92. The van der Waals surface area contributed by atoms with Gasteiger partial charge in [0, 0.05) is 10.0 Å². The molecule has 1 aromatic heterocycles. The highest BCUT2D eigenvalue weighted by molar-refractivity contribution is 14.1. The van der Waals surface area contributed by atoms with Crippen LogP contribution < -0.4 is 19.6 Å². The maximum absolute atomic E-state index is 14.2. The molecule has 4 aromatic carbocycles. The first kappa shape index (κ1) is 32.8. The van der Waals surface area contributed by atoms with Crippen LogP contribution in [0.4, 0.5) is 4.39 Å². The number of hydrogen-bond acceptors (Lipinski definition) is 6. The fourth-order valence-corrected chi connectivity index (χ4v) is 8.48. The van der Waals surface area contributed by atoms with Gasteiger partial charge in [0.15, 0.2) is 4.80 Å². The van der Waals surface area contributed by atoms with Gasteiger partial charge < -0.3 is 9.47 Å². The molecule has 0 fully saturated rings. The van der Waals surface area contributed by atoms with Gasteiger partial charge in [-0.2, -0.15) is 0 Å². The standard InChI is InChI=1S/C35H24BrFI2N2O4S/c1-2-44-34(43)29-30(22-6-4-3-5-7-22)40-35-41(31(29)23-10-14-25(37)15-11-23)33(42)28(46-35)18-21-16-26(38)32(27(39)17-21)45-19-20-8-12-24(36)13-9-20/h3-18,31H,2,19H2,1H3/b28-18-/t31-/m0/s1. The number of fused-ring (bicyclic) bond motifs is 1. The summed E-state index contributed by atoms with van der Waals surface area (Å²) in [6, 6.07) is 26.2. The summed E-state index contributed by atoms with van der Waals surface area (Å²) >= 11 is 9.18. The molecule has 11 heteroatoms. The summed E-state index contributed by atoms with van der Waals surface area (Å²) in [5.74, 6) is -0.239. The second-order valence-electron chi connectivity index (χ2n) is 10.2. The van der Waals surface area contributed by atoms with Gasteiger partial charge in [0.1, 0.15) is 18.2 Å². The lowest BCUT2D eigenvalue weighted by atomic mass is 9.93. The molecule has 0 saturated carbocycles. The average molecular weight is 921 g/mol. The van der Waals surface area contributed by atoms with Crippen LogP contribution in [0.25, 0.3) is 11.8 Å². The molecule has 1 aliphatic rings. The molecule has 0 bridgehead atoms. The van der Waals surface area contributed by atoms with Gasteiger partial charge in [-0.15, -0.1) is 0 Å². The van der Waals surface area contributed by atoms with Gasteiger partial charge in [-0.1, -0.05) is 81.9 Å². The summed E-state index contributed by atoms with van der Waals surface area (Å²) in [5.41, 5.74) is 3.46. The van der Waals surface area contributed by atoms with Crippen LogP contribution in [0.15, 0.2) is 111 Å². The second-order valence-corrected chi connectivity index (χ2v) is 14.5. The Morgan fingerprint density at radius 3 is 2.35 bits per heavy atom.